The monoisotopic (exact) mass is 234 g/mol. The topological polar surface area (TPSA) is 32.8 Å². The van der Waals surface area contributed by atoms with E-state index >= 15 is 0 Å². The fraction of sp³-hybridized carbons (Fsp3) is 0.615. The molecule has 2 heterocycles. The summed E-state index contributed by atoms with van der Waals surface area (Å²) in [7, 11) is 1.82. The van der Waals surface area contributed by atoms with Crippen LogP contribution in [0.1, 0.15) is 19.8 Å². The van der Waals surface area contributed by atoms with Crippen LogP contribution in [0.15, 0.2) is 23.9 Å². The molecule has 1 amide bonds. The Labute approximate surface area is 102 Å². The van der Waals surface area contributed by atoms with E-state index in [1.807, 2.05) is 7.05 Å². The number of carbonyl (C=O) groups excluding carboxylic acids is 1. The molecular formula is C13H18N2O2. The van der Waals surface area contributed by atoms with Crippen LogP contribution in [0.25, 0.3) is 0 Å². The first-order valence-corrected chi connectivity index (χ1v) is 6.17. The quantitative estimate of drug-likeness (QED) is 0.686. The molecule has 4 heteroatoms. The second-order valence-corrected chi connectivity index (χ2v) is 5.04. The van der Waals surface area contributed by atoms with Crippen molar-refractivity contribution in [2.75, 3.05) is 13.8 Å². The summed E-state index contributed by atoms with van der Waals surface area (Å²) >= 11 is 0. The number of carbonyl (C=O) groups is 1. The average molecular weight is 234 g/mol. The molecule has 0 aromatic heterocycles. The lowest BCUT2D eigenvalue weighted by Gasteiger charge is -2.26. The van der Waals surface area contributed by atoms with E-state index < -0.39 is 0 Å². The number of nitrogens with zero attached hydrogens (tertiary/aromatic N) is 2. The maximum absolute atomic E-state index is 11.4. The molecule has 92 valence electrons. The van der Waals surface area contributed by atoms with Crippen molar-refractivity contribution < 1.29 is 9.53 Å². The number of rotatable bonds is 1. The van der Waals surface area contributed by atoms with Crippen molar-refractivity contribution in [1.82, 2.24) is 9.80 Å². The Morgan fingerprint density at radius 1 is 1.59 bits per heavy atom. The van der Waals surface area contributed by atoms with E-state index in [0.29, 0.717) is 18.7 Å². The summed E-state index contributed by atoms with van der Waals surface area (Å²) in [5.41, 5.74) is 1.39. The molecule has 0 aromatic rings. The molecule has 1 aliphatic carbocycles. The van der Waals surface area contributed by atoms with Gasteiger partial charge in [-0.3, -0.25) is 4.79 Å². The van der Waals surface area contributed by atoms with Gasteiger partial charge in [0.25, 0.3) is 0 Å². The van der Waals surface area contributed by atoms with Crippen LogP contribution in [0.2, 0.25) is 0 Å². The van der Waals surface area contributed by atoms with Crippen LogP contribution in [0.3, 0.4) is 0 Å². The zero-order chi connectivity index (χ0) is 12.0. The molecule has 3 atom stereocenters. The van der Waals surface area contributed by atoms with Crippen LogP contribution >= 0.6 is 0 Å². The van der Waals surface area contributed by atoms with E-state index in [2.05, 4.69) is 23.1 Å². The SMILES string of the molecule is CC(=O)N(C)C1OCN2C3=CC=CCC3CC12. The Hall–Kier alpha value is -1.29. The summed E-state index contributed by atoms with van der Waals surface area (Å²) in [6.07, 6.45) is 8.66. The minimum absolute atomic E-state index is 0.0684. The molecule has 0 saturated carbocycles. The third-order valence-electron chi connectivity index (χ3n) is 4.09. The first kappa shape index (κ1) is 10.8. The number of fused-ring (bicyclic) bond motifs is 3. The van der Waals surface area contributed by atoms with Crippen LogP contribution in [0.4, 0.5) is 0 Å². The zero-order valence-electron chi connectivity index (χ0n) is 10.3. The fourth-order valence-electron chi connectivity index (χ4n) is 3.08. The minimum atomic E-state index is -0.0843. The van der Waals surface area contributed by atoms with Crippen molar-refractivity contribution in [2.45, 2.75) is 32.0 Å². The third-order valence-corrected chi connectivity index (χ3v) is 4.09. The first-order valence-electron chi connectivity index (χ1n) is 6.17. The van der Waals surface area contributed by atoms with E-state index in [1.54, 1.807) is 11.8 Å². The van der Waals surface area contributed by atoms with Gasteiger partial charge in [0.1, 0.15) is 6.73 Å². The fourth-order valence-corrected chi connectivity index (χ4v) is 3.08. The molecule has 3 unspecified atom stereocenters. The van der Waals surface area contributed by atoms with Crippen molar-refractivity contribution in [3.05, 3.63) is 23.9 Å². The predicted octanol–water partition coefficient (Wildman–Crippen LogP) is 1.31. The molecule has 0 radical (unpaired) electrons. The molecule has 4 nitrogen and oxygen atoms in total. The Morgan fingerprint density at radius 2 is 2.41 bits per heavy atom. The summed E-state index contributed by atoms with van der Waals surface area (Å²) < 4.78 is 5.76. The summed E-state index contributed by atoms with van der Waals surface area (Å²) in [5, 5.41) is 0. The summed E-state index contributed by atoms with van der Waals surface area (Å²) in [4.78, 5) is 15.5. The van der Waals surface area contributed by atoms with Crippen LogP contribution in [0.5, 0.6) is 0 Å². The molecule has 0 aromatic carbocycles. The van der Waals surface area contributed by atoms with Crippen molar-refractivity contribution in [3.8, 4) is 0 Å². The van der Waals surface area contributed by atoms with Crippen LogP contribution in [0, 0.1) is 5.92 Å². The normalized spacial score (nSPS) is 34.4. The lowest BCUT2D eigenvalue weighted by Crippen LogP contribution is -2.43. The molecule has 3 rings (SSSR count). The standard InChI is InChI=1S/C13H18N2O2/c1-9(16)14(2)13-12-7-10-5-3-4-6-11(10)15(12)8-17-13/h3-4,6,10,12-13H,5,7-8H2,1-2H3. The molecular weight excluding hydrogens is 216 g/mol. The van der Waals surface area contributed by atoms with E-state index in [4.69, 9.17) is 4.74 Å². The van der Waals surface area contributed by atoms with E-state index in [-0.39, 0.29) is 12.1 Å². The molecule has 2 fully saturated rings. The van der Waals surface area contributed by atoms with E-state index in [0.717, 1.165) is 12.8 Å². The number of allylic oxidation sites excluding steroid dienone is 4. The second-order valence-electron chi connectivity index (χ2n) is 5.04. The second kappa shape index (κ2) is 3.88. The smallest absolute Gasteiger partial charge is 0.221 e. The van der Waals surface area contributed by atoms with E-state index in [9.17, 15) is 4.79 Å². The van der Waals surface area contributed by atoms with Gasteiger partial charge in [-0.1, -0.05) is 12.2 Å². The Balaban J connectivity index is 1.81. The van der Waals surface area contributed by atoms with Gasteiger partial charge in [0.05, 0.1) is 6.04 Å². The molecule has 3 aliphatic rings. The molecule has 0 bridgehead atoms. The lowest BCUT2D eigenvalue weighted by molar-refractivity contribution is -0.138. The number of likely N-dealkylation sites (N-methyl/N-ethyl adjacent to an activating group) is 1. The summed E-state index contributed by atoms with van der Waals surface area (Å²) in [5.74, 6) is 0.690. The van der Waals surface area contributed by atoms with Crippen LogP contribution in [-0.2, 0) is 9.53 Å². The van der Waals surface area contributed by atoms with E-state index in [1.165, 1.54) is 5.70 Å². The van der Waals surface area contributed by atoms with Gasteiger partial charge in [-0.15, -0.1) is 0 Å². The van der Waals surface area contributed by atoms with Crippen LogP contribution < -0.4 is 0 Å². The van der Waals surface area contributed by atoms with Gasteiger partial charge in [0.15, 0.2) is 6.23 Å². The Morgan fingerprint density at radius 3 is 3.18 bits per heavy atom. The minimum Gasteiger partial charge on any atom is -0.344 e. The highest BCUT2D eigenvalue weighted by Crippen LogP contribution is 2.42. The van der Waals surface area contributed by atoms with Gasteiger partial charge < -0.3 is 14.5 Å². The van der Waals surface area contributed by atoms with Gasteiger partial charge in [-0.05, 0) is 18.9 Å². The maximum atomic E-state index is 11.4. The number of ether oxygens (including phenoxy) is 1. The highest BCUT2D eigenvalue weighted by Gasteiger charge is 2.47. The number of amides is 1. The summed E-state index contributed by atoms with van der Waals surface area (Å²) in [6, 6.07) is 0.333. The maximum Gasteiger partial charge on any atom is 0.221 e. The Bertz CT molecular complexity index is 402. The third kappa shape index (κ3) is 1.59. The average Bonchev–Trinajstić information content (AvgIpc) is 2.86. The molecule has 0 N–H and O–H groups in total. The zero-order valence-corrected chi connectivity index (χ0v) is 10.3. The number of hydrogen-bond donors (Lipinski definition) is 0. The Kier molecular flexibility index (Phi) is 2.47. The van der Waals surface area contributed by atoms with Crippen molar-refractivity contribution in [1.29, 1.82) is 0 Å². The van der Waals surface area contributed by atoms with Gasteiger partial charge in [0, 0.05) is 25.6 Å². The highest BCUT2D eigenvalue weighted by molar-refractivity contribution is 5.73. The van der Waals surface area contributed by atoms with Gasteiger partial charge in [-0.25, -0.2) is 0 Å². The molecule has 2 aliphatic heterocycles. The van der Waals surface area contributed by atoms with Crippen molar-refractivity contribution >= 4 is 5.91 Å². The van der Waals surface area contributed by atoms with Crippen molar-refractivity contribution in [2.24, 2.45) is 5.92 Å². The predicted molar refractivity (Wildman–Crippen MR) is 63.8 cm³/mol. The largest absolute Gasteiger partial charge is 0.344 e. The van der Waals surface area contributed by atoms with Crippen LogP contribution in [-0.4, -0.2) is 41.8 Å². The molecule has 17 heavy (non-hydrogen) atoms. The lowest BCUT2D eigenvalue weighted by atomic mass is 9.95. The van der Waals surface area contributed by atoms with Gasteiger partial charge >= 0.3 is 0 Å². The van der Waals surface area contributed by atoms with Crippen molar-refractivity contribution in [3.63, 3.8) is 0 Å². The van der Waals surface area contributed by atoms with Gasteiger partial charge in [-0.2, -0.15) is 0 Å². The summed E-state index contributed by atoms with van der Waals surface area (Å²) in [6.45, 7) is 2.21. The number of hydrogen-bond acceptors (Lipinski definition) is 3. The molecule has 2 saturated heterocycles. The highest BCUT2D eigenvalue weighted by atomic mass is 16.5. The van der Waals surface area contributed by atoms with Gasteiger partial charge in [0.2, 0.25) is 5.91 Å². The molecule has 0 spiro atoms. The first-order chi connectivity index (χ1) is 8.18.